The molecule has 0 bridgehead atoms. The minimum atomic E-state index is -2.51. The van der Waals surface area contributed by atoms with Crippen molar-refractivity contribution in [1.82, 2.24) is 0 Å². The summed E-state index contributed by atoms with van der Waals surface area (Å²) in [6, 6.07) is 7.54. The quantitative estimate of drug-likeness (QED) is 0.624. The van der Waals surface area contributed by atoms with Gasteiger partial charge in [-0.05, 0) is 19.4 Å². The second-order valence-corrected chi connectivity index (χ2v) is 6.83. The third-order valence-corrected chi connectivity index (χ3v) is 2.76. The molecule has 4 heteroatoms. The Kier molecular flexibility index (Phi) is 7.29. The second kappa shape index (κ2) is 7.06. The summed E-state index contributed by atoms with van der Waals surface area (Å²) in [5.41, 5.74) is 0.356. The van der Waals surface area contributed by atoms with Gasteiger partial charge in [0, 0.05) is 46.0 Å². The van der Waals surface area contributed by atoms with E-state index in [1.54, 1.807) is 25.5 Å². The Hall–Kier alpha value is 0.514. The number of rotatable bonds is 3. The Balaban J connectivity index is 0. The van der Waals surface area contributed by atoms with Gasteiger partial charge in [0.05, 0.1) is 6.97 Å². The molecule has 0 spiro atoms. The third kappa shape index (κ3) is 6.30. The van der Waals surface area contributed by atoms with Crippen LogP contribution in [0.4, 0.5) is 0 Å². The zero-order valence-electron chi connectivity index (χ0n) is 11.7. The molecule has 0 aliphatic heterocycles. The first-order chi connectivity index (χ1) is 6.71. The maximum absolute atomic E-state index is 11.6. The molecule has 89 valence electrons. The second-order valence-electron chi connectivity index (χ2n) is 4.14. The summed E-state index contributed by atoms with van der Waals surface area (Å²) < 4.78 is 24.5. The van der Waals surface area contributed by atoms with E-state index in [1.807, 2.05) is 26.0 Å². The molecule has 0 saturated carbocycles. The Morgan fingerprint density at radius 2 is 1.75 bits per heavy atom. The van der Waals surface area contributed by atoms with E-state index in [2.05, 4.69) is 0 Å². The molecule has 0 heterocycles. The smallest absolute Gasteiger partial charge is 0.198 e. The third-order valence-electron chi connectivity index (χ3n) is 1.86. The van der Waals surface area contributed by atoms with Crippen LogP contribution in [-0.2, 0) is 47.4 Å². The molecular weight excluding hydrogens is 296 g/mol. The molecule has 0 aromatic heterocycles. The van der Waals surface area contributed by atoms with Gasteiger partial charge in [-0.1, -0.05) is 30.3 Å². The Bertz CT molecular complexity index is 384. The molecule has 16 heavy (non-hydrogen) atoms. The van der Waals surface area contributed by atoms with Crippen molar-refractivity contribution in [2.75, 3.05) is 13.3 Å². The Morgan fingerprint density at radius 1 is 1.31 bits per heavy atom. The summed E-state index contributed by atoms with van der Waals surface area (Å²) in [6.45, 7) is 6.97. The van der Waals surface area contributed by atoms with Crippen LogP contribution in [0.15, 0.2) is 30.3 Å². The summed E-state index contributed by atoms with van der Waals surface area (Å²) in [5, 5.41) is 0. The van der Waals surface area contributed by atoms with E-state index in [-0.39, 0.29) is 40.1 Å². The number of hydrogen-bond donors (Lipinski definition) is 0. The first-order valence-electron chi connectivity index (χ1n) is 5.04. The molecule has 1 rings (SSSR count). The molecule has 0 amide bonds. The molecule has 0 N–H and O–H groups in total. The molecule has 0 aliphatic carbocycles. The van der Waals surface area contributed by atoms with E-state index in [1.165, 1.54) is 0 Å². The van der Waals surface area contributed by atoms with Crippen molar-refractivity contribution >= 4 is 7.37 Å². The summed E-state index contributed by atoms with van der Waals surface area (Å²) in [4.78, 5) is 0. The molecule has 2 nitrogen and oxygen atoms in total. The SMILES string of the molecule is [2H]c1ccc(C(C)(C)OP(C)(C)=O)cc1.[CH3-].[Y]. The van der Waals surface area contributed by atoms with Crippen LogP contribution in [0.1, 0.15) is 20.8 Å². The molecular formula is C12H20O2PY-. The average Bonchev–Trinajstić information content (AvgIpc) is 2.00. The van der Waals surface area contributed by atoms with Crippen molar-refractivity contribution in [2.45, 2.75) is 19.4 Å². The summed E-state index contributed by atoms with van der Waals surface area (Å²) in [6.07, 6.45) is 0. The topological polar surface area (TPSA) is 26.3 Å². The van der Waals surface area contributed by atoms with Gasteiger partial charge in [-0.25, -0.2) is 0 Å². The molecule has 1 radical (unpaired) electrons. The van der Waals surface area contributed by atoms with Crippen LogP contribution in [0.3, 0.4) is 0 Å². The maximum Gasteiger partial charge on any atom is 0.198 e. The van der Waals surface area contributed by atoms with Crippen LogP contribution >= 0.6 is 7.37 Å². The van der Waals surface area contributed by atoms with E-state index < -0.39 is 13.0 Å². The largest absolute Gasteiger partial charge is 0.358 e. The number of benzene rings is 1. The van der Waals surface area contributed by atoms with Crippen LogP contribution in [-0.4, -0.2) is 13.3 Å². The van der Waals surface area contributed by atoms with E-state index in [9.17, 15) is 4.57 Å². The molecule has 0 unspecified atom stereocenters. The van der Waals surface area contributed by atoms with Crippen LogP contribution in [0.2, 0.25) is 0 Å². The molecule has 0 aliphatic rings. The maximum atomic E-state index is 11.6. The fourth-order valence-corrected chi connectivity index (χ4v) is 2.60. The fourth-order valence-electron chi connectivity index (χ4n) is 1.39. The van der Waals surface area contributed by atoms with Crippen molar-refractivity contribution in [3.63, 3.8) is 0 Å². The summed E-state index contributed by atoms with van der Waals surface area (Å²) in [5.74, 6) is 0. The van der Waals surface area contributed by atoms with Crippen LogP contribution in [0, 0.1) is 7.43 Å². The Morgan fingerprint density at radius 3 is 2.12 bits per heavy atom. The minimum absolute atomic E-state index is 0. The molecule has 1 aromatic rings. The standard InChI is InChI=1S/C11H17O2P.CH3.Y/c1-11(2,13-14(3,4)12)10-8-6-5-7-9-10;;/h5-9H,1-4H3;1H3;/q;-1;/i5D;;. The van der Waals surface area contributed by atoms with Crippen LogP contribution in [0.25, 0.3) is 0 Å². The van der Waals surface area contributed by atoms with Gasteiger partial charge in [0.15, 0.2) is 7.37 Å². The Labute approximate surface area is 126 Å². The molecule has 0 fully saturated rings. The van der Waals surface area contributed by atoms with Crippen LogP contribution < -0.4 is 0 Å². The van der Waals surface area contributed by atoms with Crippen molar-refractivity contribution in [2.24, 2.45) is 0 Å². The number of hydrogen-bond acceptors (Lipinski definition) is 2. The van der Waals surface area contributed by atoms with Gasteiger partial charge in [-0.2, -0.15) is 0 Å². The van der Waals surface area contributed by atoms with Gasteiger partial charge in [0.25, 0.3) is 0 Å². The monoisotopic (exact) mass is 317 g/mol. The van der Waals surface area contributed by atoms with Gasteiger partial charge >= 0.3 is 0 Å². The molecule has 0 saturated heterocycles. The minimum Gasteiger partial charge on any atom is -0.358 e. The zero-order valence-corrected chi connectivity index (χ0v) is 14.4. The average molecular weight is 317 g/mol. The normalized spacial score (nSPS) is 12.1. The predicted octanol–water partition coefficient (Wildman–Crippen LogP) is 3.92. The summed E-state index contributed by atoms with van der Waals surface area (Å²) >= 11 is 0. The van der Waals surface area contributed by atoms with Crippen molar-refractivity contribution in [3.05, 3.63) is 43.3 Å². The summed E-state index contributed by atoms with van der Waals surface area (Å²) in [7, 11) is -2.51. The van der Waals surface area contributed by atoms with Crippen LogP contribution in [0.5, 0.6) is 0 Å². The molecule has 1 aromatic carbocycles. The predicted molar refractivity (Wildman–Crippen MR) is 66.4 cm³/mol. The van der Waals surface area contributed by atoms with Gasteiger partial charge in [-0.3, -0.25) is 4.57 Å². The van der Waals surface area contributed by atoms with E-state index in [0.717, 1.165) is 5.56 Å². The van der Waals surface area contributed by atoms with Gasteiger partial charge < -0.3 is 12.0 Å². The van der Waals surface area contributed by atoms with Crippen molar-refractivity contribution in [1.29, 1.82) is 0 Å². The first kappa shape index (κ1) is 16.5. The first-order valence-corrected chi connectivity index (χ1v) is 7.05. The van der Waals surface area contributed by atoms with E-state index in [0.29, 0.717) is 6.04 Å². The zero-order chi connectivity index (χ0) is 11.7. The fraction of sp³-hybridized carbons (Fsp3) is 0.417. The van der Waals surface area contributed by atoms with E-state index >= 15 is 0 Å². The van der Waals surface area contributed by atoms with Crippen molar-refractivity contribution < 1.29 is 43.2 Å². The van der Waals surface area contributed by atoms with E-state index in [4.69, 9.17) is 5.89 Å². The van der Waals surface area contributed by atoms with Gasteiger partial charge in [0.1, 0.15) is 0 Å². The van der Waals surface area contributed by atoms with Gasteiger partial charge in [0.2, 0.25) is 0 Å². The molecule has 0 atom stereocenters. The van der Waals surface area contributed by atoms with Crippen molar-refractivity contribution in [3.8, 4) is 0 Å². The van der Waals surface area contributed by atoms with Gasteiger partial charge in [-0.15, -0.1) is 0 Å².